The van der Waals surface area contributed by atoms with Gasteiger partial charge in [0.25, 0.3) is 5.91 Å². The second kappa shape index (κ2) is 11.4. The predicted molar refractivity (Wildman–Crippen MR) is 129 cm³/mol. The van der Waals surface area contributed by atoms with Crippen LogP contribution in [0.4, 0.5) is 17.1 Å². The van der Waals surface area contributed by atoms with Gasteiger partial charge in [0.1, 0.15) is 12.4 Å². The molecular weight excluding hydrogens is 402 g/mol. The quantitative estimate of drug-likeness (QED) is 0.447. The van der Waals surface area contributed by atoms with E-state index in [2.05, 4.69) is 17.2 Å². The summed E-state index contributed by atoms with van der Waals surface area (Å²) < 4.78 is 5.44. The minimum atomic E-state index is -0.185. The summed E-state index contributed by atoms with van der Waals surface area (Å²) in [6, 6.07) is 23.8. The van der Waals surface area contributed by atoms with Crippen LogP contribution in [0.2, 0.25) is 0 Å². The van der Waals surface area contributed by atoms with Crippen LogP contribution in [0.15, 0.2) is 91.5 Å². The van der Waals surface area contributed by atoms with Gasteiger partial charge < -0.3 is 20.3 Å². The molecule has 0 unspecified atom stereocenters. The molecule has 6 heteroatoms. The molecule has 0 aliphatic carbocycles. The largest absolute Gasteiger partial charge is 0.490 e. The molecule has 0 spiro atoms. The van der Waals surface area contributed by atoms with Crippen LogP contribution in [0, 0.1) is 0 Å². The summed E-state index contributed by atoms with van der Waals surface area (Å²) in [6.45, 7) is 6.68. The molecule has 0 atom stereocenters. The molecule has 0 aliphatic heterocycles. The summed E-state index contributed by atoms with van der Waals surface area (Å²) in [7, 11) is 0. The lowest BCUT2D eigenvalue weighted by Crippen LogP contribution is -2.30. The van der Waals surface area contributed by atoms with Gasteiger partial charge in [-0.05, 0) is 67.6 Å². The van der Waals surface area contributed by atoms with Crippen LogP contribution in [-0.2, 0) is 4.79 Å². The molecule has 3 aromatic rings. The van der Waals surface area contributed by atoms with E-state index in [1.54, 1.807) is 35.2 Å². The number of hydrogen-bond acceptors (Lipinski definition) is 4. The molecule has 0 aromatic heterocycles. The van der Waals surface area contributed by atoms with Gasteiger partial charge in [0.05, 0.1) is 6.54 Å². The Balaban J connectivity index is 1.53. The molecule has 3 aromatic carbocycles. The zero-order valence-corrected chi connectivity index (χ0v) is 18.1. The van der Waals surface area contributed by atoms with Gasteiger partial charge in [-0.25, -0.2) is 0 Å². The highest BCUT2D eigenvalue weighted by atomic mass is 16.5. The van der Waals surface area contributed by atoms with Crippen molar-refractivity contribution in [2.24, 2.45) is 0 Å². The fraction of sp³-hybridized carbons (Fsp3) is 0.154. The van der Waals surface area contributed by atoms with Crippen molar-refractivity contribution in [3.8, 4) is 5.75 Å². The van der Waals surface area contributed by atoms with Crippen molar-refractivity contribution in [1.82, 2.24) is 0 Å². The van der Waals surface area contributed by atoms with Crippen molar-refractivity contribution in [3.63, 3.8) is 0 Å². The van der Waals surface area contributed by atoms with Crippen molar-refractivity contribution in [2.45, 2.75) is 6.92 Å². The maximum atomic E-state index is 12.9. The van der Waals surface area contributed by atoms with E-state index < -0.39 is 0 Å². The highest BCUT2D eigenvalue weighted by Gasteiger charge is 2.15. The van der Waals surface area contributed by atoms with E-state index in [1.165, 1.54) is 0 Å². The average Bonchev–Trinajstić information content (AvgIpc) is 2.83. The number of nitrogens with zero attached hydrogens (tertiary/aromatic N) is 1. The lowest BCUT2D eigenvalue weighted by Gasteiger charge is -2.21. The third kappa shape index (κ3) is 6.22. The highest BCUT2D eigenvalue weighted by molar-refractivity contribution is 6.06. The van der Waals surface area contributed by atoms with Crippen molar-refractivity contribution in [1.29, 1.82) is 0 Å². The fourth-order valence-corrected chi connectivity index (χ4v) is 3.12. The summed E-state index contributed by atoms with van der Waals surface area (Å²) in [5.74, 6) is 0.470. The van der Waals surface area contributed by atoms with Gasteiger partial charge in [-0.2, -0.15) is 0 Å². The standard InChI is InChI=1S/C26H27N3O3/c1-3-18-32-24-16-14-21(15-17-24)27-19-25(30)28-22-12-10-20(11-13-22)26(31)29(4-2)23-8-6-5-7-9-23/h3,5-17,27H,1,4,18-19H2,2H3,(H,28,30). The number of carbonyl (C=O) groups excluding carboxylic acids is 2. The van der Waals surface area contributed by atoms with Crippen molar-refractivity contribution in [2.75, 3.05) is 35.2 Å². The minimum Gasteiger partial charge on any atom is -0.490 e. The molecule has 0 saturated carbocycles. The van der Waals surface area contributed by atoms with E-state index in [4.69, 9.17) is 4.74 Å². The van der Waals surface area contributed by atoms with Gasteiger partial charge in [0.15, 0.2) is 0 Å². The first kappa shape index (κ1) is 22.6. The number of anilines is 3. The molecule has 0 radical (unpaired) electrons. The fourth-order valence-electron chi connectivity index (χ4n) is 3.12. The van der Waals surface area contributed by atoms with E-state index in [9.17, 15) is 9.59 Å². The minimum absolute atomic E-state index is 0.0845. The predicted octanol–water partition coefficient (Wildman–Crippen LogP) is 4.97. The molecule has 3 rings (SSSR count). The molecule has 0 bridgehead atoms. The van der Waals surface area contributed by atoms with Crippen LogP contribution in [0.1, 0.15) is 17.3 Å². The molecule has 2 amide bonds. The maximum absolute atomic E-state index is 12.9. The Bertz CT molecular complexity index is 1030. The maximum Gasteiger partial charge on any atom is 0.258 e. The van der Waals surface area contributed by atoms with Crippen molar-refractivity contribution < 1.29 is 14.3 Å². The number of carbonyl (C=O) groups is 2. The second-order valence-corrected chi connectivity index (χ2v) is 6.99. The number of amides is 2. The normalized spacial score (nSPS) is 10.2. The van der Waals surface area contributed by atoms with E-state index in [-0.39, 0.29) is 18.4 Å². The van der Waals surface area contributed by atoms with Gasteiger partial charge in [-0.15, -0.1) is 0 Å². The summed E-state index contributed by atoms with van der Waals surface area (Å²) >= 11 is 0. The molecule has 0 saturated heterocycles. The average molecular weight is 430 g/mol. The van der Waals surface area contributed by atoms with Crippen LogP contribution in [-0.4, -0.2) is 31.5 Å². The van der Waals surface area contributed by atoms with Gasteiger partial charge in [0, 0.05) is 29.2 Å². The van der Waals surface area contributed by atoms with E-state index in [1.807, 2.05) is 61.5 Å². The summed E-state index contributed by atoms with van der Waals surface area (Å²) in [4.78, 5) is 26.8. The lowest BCUT2D eigenvalue weighted by molar-refractivity contribution is -0.114. The van der Waals surface area contributed by atoms with Gasteiger partial charge >= 0.3 is 0 Å². The number of para-hydroxylation sites is 1. The first-order valence-corrected chi connectivity index (χ1v) is 10.4. The summed E-state index contributed by atoms with van der Waals surface area (Å²) in [5, 5.41) is 5.90. The highest BCUT2D eigenvalue weighted by Crippen LogP contribution is 2.18. The molecule has 0 fully saturated rings. The van der Waals surface area contributed by atoms with E-state index in [0.29, 0.717) is 24.4 Å². The Morgan fingerprint density at radius 2 is 1.59 bits per heavy atom. The van der Waals surface area contributed by atoms with E-state index >= 15 is 0 Å². The first-order valence-electron chi connectivity index (χ1n) is 10.4. The Morgan fingerprint density at radius 1 is 0.938 bits per heavy atom. The molecule has 6 nitrogen and oxygen atoms in total. The van der Waals surface area contributed by atoms with Crippen LogP contribution < -0.4 is 20.3 Å². The van der Waals surface area contributed by atoms with E-state index in [0.717, 1.165) is 17.1 Å². The summed E-state index contributed by atoms with van der Waals surface area (Å²) in [6.07, 6.45) is 1.68. The Hall–Kier alpha value is -4.06. The van der Waals surface area contributed by atoms with Crippen molar-refractivity contribution >= 4 is 28.9 Å². The van der Waals surface area contributed by atoms with Gasteiger partial charge in [-0.3, -0.25) is 9.59 Å². The SMILES string of the molecule is C=CCOc1ccc(NCC(=O)Nc2ccc(C(=O)N(CC)c3ccccc3)cc2)cc1. The van der Waals surface area contributed by atoms with Crippen molar-refractivity contribution in [3.05, 3.63) is 97.1 Å². The smallest absolute Gasteiger partial charge is 0.258 e. The van der Waals surface area contributed by atoms with Crippen LogP contribution >= 0.6 is 0 Å². The topological polar surface area (TPSA) is 70.7 Å². The third-order valence-electron chi connectivity index (χ3n) is 4.72. The lowest BCUT2D eigenvalue weighted by atomic mass is 10.1. The van der Waals surface area contributed by atoms with Crippen LogP contribution in [0.25, 0.3) is 0 Å². The Labute approximate surface area is 188 Å². The summed E-state index contributed by atoms with van der Waals surface area (Å²) in [5.41, 5.74) is 2.85. The first-order chi connectivity index (χ1) is 15.6. The molecule has 2 N–H and O–H groups in total. The monoisotopic (exact) mass is 429 g/mol. The molecular formula is C26H27N3O3. The number of benzene rings is 3. The van der Waals surface area contributed by atoms with Crippen LogP contribution in [0.5, 0.6) is 5.75 Å². The van der Waals surface area contributed by atoms with Crippen LogP contribution in [0.3, 0.4) is 0 Å². The number of hydrogen-bond donors (Lipinski definition) is 2. The second-order valence-electron chi connectivity index (χ2n) is 6.99. The van der Waals surface area contributed by atoms with Gasteiger partial charge in [0.2, 0.25) is 5.91 Å². The number of nitrogens with one attached hydrogen (secondary N) is 2. The molecule has 32 heavy (non-hydrogen) atoms. The number of ether oxygens (including phenoxy) is 1. The molecule has 164 valence electrons. The Kier molecular flexibility index (Phi) is 8.03. The zero-order chi connectivity index (χ0) is 22.8. The molecule has 0 aliphatic rings. The number of rotatable bonds is 10. The van der Waals surface area contributed by atoms with Gasteiger partial charge in [-0.1, -0.05) is 30.9 Å². The Morgan fingerprint density at radius 3 is 2.22 bits per heavy atom. The molecule has 0 heterocycles. The third-order valence-corrected chi connectivity index (χ3v) is 4.72. The zero-order valence-electron chi connectivity index (χ0n) is 18.1.